The SMILES string of the molecule is Cc1c(CC(=O)/C=C/C(=O)O)oc2ccc(Cl)cc12. The van der Waals surface area contributed by atoms with Gasteiger partial charge in [-0.25, -0.2) is 4.79 Å². The van der Waals surface area contributed by atoms with Gasteiger partial charge in [0.25, 0.3) is 0 Å². The summed E-state index contributed by atoms with van der Waals surface area (Å²) in [6, 6.07) is 5.23. The molecule has 0 spiro atoms. The number of hydrogen-bond acceptors (Lipinski definition) is 3. The van der Waals surface area contributed by atoms with E-state index in [1.807, 2.05) is 6.92 Å². The third kappa shape index (κ3) is 3.03. The highest BCUT2D eigenvalue weighted by molar-refractivity contribution is 6.31. The van der Waals surface area contributed by atoms with Gasteiger partial charge in [-0.2, -0.15) is 0 Å². The van der Waals surface area contributed by atoms with Crippen molar-refractivity contribution in [2.75, 3.05) is 0 Å². The molecule has 1 heterocycles. The van der Waals surface area contributed by atoms with Gasteiger partial charge in [0.05, 0.1) is 6.42 Å². The van der Waals surface area contributed by atoms with Crippen LogP contribution >= 0.6 is 11.6 Å². The molecule has 0 aliphatic heterocycles. The summed E-state index contributed by atoms with van der Waals surface area (Å²) in [5, 5.41) is 9.91. The highest BCUT2D eigenvalue weighted by Gasteiger charge is 2.13. The monoisotopic (exact) mass is 278 g/mol. The standard InChI is InChI=1S/C14H11ClO4/c1-8-11-6-9(15)2-4-12(11)19-13(8)7-10(16)3-5-14(17)18/h2-6H,7H2,1H3,(H,17,18)/b5-3+. The third-order valence-corrected chi connectivity index (χ3v) is 2.98. The van der Waals surface area contributed by atoms with Gasteiger partial charge in [0.2, 0.25) is 0 Å². The van der Waals surface area contributed by atoms with Crippen molar-refractivity contribution in [3.63, 3.8) is 0 Å². The molecule has 98 valence electrons. The second-order valence-electron chi connectivity index (χ2n) is 4.11. The summed E-state index contributed by atoms with van der Waals surface area (Å²) >= 11 is 5.91. The highest BCUT2D eigenvalue weighted by atomic mass is 35.5. The number of carbonyl (C=O) groups is 2. The Hall–Kier alpha value is -2.07. The molecule has 5 heteroatoms. The zero-order valence-corrected chi connectivity index (χ0v) is 10.9. The van der Waals surface area contributed by atoms with E-state index in [-0.39, 0.29) is 12.2 Å². The van der Waals surface area contributed by atoms with Crippen molar-refractivity contribution in [2.24, 2.45) is 0 Å². The van der Waals surface area contributed by atoms with E-state index in [0.717, 1.165) is 23.1 Å². The van der Waals surface area contributed by atoms with Crippen LogP contribution in [0.2, 0.25) is 5.02 Å². The van der Waals surface area contributed by atoms with E-state index in [9.17, 15) is 9.59 Å². The van der Waals surface area contributed by atoms with Crippen molar-refractivity contribution in [2.45, 2.75) is 13.3 Å². The molecule has 0 saturated heterocycles. The molecule has 0 radical (unpaired) electrons. The number of ketones is 1. The number of fused-ring (bicyclic) bond motifs is 1. The first-order valence-electron chi connectivity index (χ1n) is 5.58. The van der Waals surface area contributed by atoms with Crippen molar-refractivity contribution < 1.29 is 19.1 Å². The number of furan rings is 1. The molecule has 0 aliphatic carbocycles. The van der Waals surface area contributed by atoms with Gasteiger partial charge >= 0.3 is 5.97 Å². The molecule has 1 N–H and O–H groups in total. The Morgan fingerprint density at radius 3 is 2.79 bits per heavy atom. The van der Waals surface area contributed by atoms with Gasteiger partial charge in [-0.1, -0.05) is 11.6 Å². The topological polar surface area (TPSA) is 67.5 Å². The molecule has 4 nitrogen and oxygen atoms in total. The molecule has 1 aromatic carbocycles. The van der Waals surface area contributed by atoms with Crippen LogP contribution in [0.3, 0.4) is 0 Å². The zero-order chi connectivity index (χ0) is 14.0. The molecule has 2 rings (SSSR count). The smallest absolute Gasteiger partial charge is 0.328 e. The van der Waals surface area contributed by atoms with Gasteiger partial charge in [0.1, 0.15) is 11.3 Å². The normalized spacial score (nSPS) is 11.3. The quantitative estimate of drug-likeness (QED) is 0.873. The molecule has 0 fully saturated rings. The first-order valence-corrected chi connectivity index (χ1v) is 5.96. The summed E-state index contributed by atoms with van der Waals surface area (Å²) < 4.78 is 5.57. The Labute approximate surface area is 114 Å². The minimum absolute atomic E-state index is 0.0297. The van der Waals surface area contributed by atoms with Crippen LogP contribution in [-0.4, -0.2) is 16.9 Å². The zero-order valence-electron chi connectivity index (χ0n) is 10.1. The van der Waals surface area contributed by atoms with E-state index in [2.05, 4.69) is 0 Å². The van der Waals surface area contributed by atoms with E-state index in [0.29, 0.717) is 16.4 Å². The van der Waals surface area contributed by atoms with E-state index in [1.165, 1.54) is 0 Å². The molecule has 0 unspecified atom stereocenters. The Balaban J connectivity index is 2.29. The van der Waals surface area contributed by atoms with Gasteiger partial charge in [-0.15, -0.1) is 0 Å². The Morgan fingerprint density at radius 2 is 2.11 bits per heavy atom. The number of halogens is 1. The number of rotatable bonds is 4. The lowest BCUT2D eigenvalue weighted by Gasteiger charge is -1.94. The Kier molecular flexibility index (Phi) is 3.71. The van der Waals surface area contributed by atoms with Gasteiger partial charge in [-0.3, -0.25) is 4.79 Å². The fourth-order valence-electron chi connectivity index (χ4n) is 1.79. The lowest BCUT2D eigenvalue weighted by Crippen LogP contribution is -2.00. The summed E-state index contributed by atoms with van der Waals surface area (Å²) in [4.78, 5) is 21.9. The molecular weight excluding hydrogens is 268 g/mol. The average molecular weight is 279 g/mol. The van der Waals surface area contributed by atoms with Gasteiger partial charge in [0.15, 0.2) is 5.78 Å². The summed E-state index contributed by atoms with van der Waals surface area (Å²) in [5.41, 5.74) is 1.50. The van der Waals surface area contributed by atoms with Crippen LogP contribution in [0.4, 0.5) is 0 Å². The van der Waals surface area contributed by atoms with Crippen molar-refractivity contribution in [3.05, 3.63) is 46.7 Å². The van der Waals surface area contributed by atoms with Crippen molar-refractivity contribution in [1.82, 2.24) is 0 Å². The van der Waals surface area contributed by atoms with Crippen LogP contribution in [0.15, 0.2) is 34.8 Å². The molecule has 0 amide bonds. The Morgan fingerprint density at radius 1 is 1.37 bits per heavy atom. The fraction of sp³-hybridized carbons (Fsp3) is 0.143. The second kappa shape index (κ2) is 5.28. The molecule has 2 aromatic rings. The van der Waals surface area contributed by atoms with E-state index < -0.39 is 5.97 Å². The van der Waals surface area contributed by atoms with Crippen LogP contribution in [0.25, 0.3) is 11.0 Å². The predicted octanol–water partition coefficient (Wildman–Crippen LogP) is 3.15. The maximum absolute atomic E-state index is 11.6. The number of allylic oxidation sites excluding steroid dienone is 1. The molecule has 0 bridgehead atoms. The fourth-order valence-corrected chi connectivity index (χ4v) is 1.97. The van der Waals surface area contributed by atoms with Gasteiger partial charge in [0, 0.05) is 16.5 Å². The molecule has 19 heavy (non-hydrogen) atoms. The number of carboxylic acids is 1. The minimum Gasteiger partial charge on any atom is -0.478 e. The number of aliphatic carboxylic acids is 1. The number of benzene rings is 1. The molecule has 0 atom stereocenters. The third-order valence-electron chi connectivity index (χ3n) is 2.74. The van der Waals surface area contributed by atoms with Crippen molar-refractivity contribution >= 4 is 34.3 Å². The molecule has 0 saturated carbocycles. The average Bonchev–Trinajstić information content (AvgIpc) is 2.64. The van der Waals surface area contributed by atoms with Crippen molar-refractivity contribution in [1.29, 1.82) is 0 Å². The van der Waals surface area contributed by atoms with Crippen molar-refractivity contribution in [3.8, 4) is 0 Å². The number of aryl methyl sites for hydroxylation is 1. The van der Waals surface area contributed by atoms with Crippen LogP contribution in [0.5, 0.6) is 0 Å². The first-order chi connectivity index (χ1) is 8.97. The van der Waals surface area contributed by atoms with Crippen LogP contribution in [-0.2, 0) is 16.0 Å². The van der Waals surface area contributed by atoms with E-state index in [4.69, 9.17) is 21.1 Å². The lowest BCUT2D eigenvalue weighted by molar-refractivity contribution is -0.131. The number of carboxylic acid groups (broad SMARTS) is 1. The number of carbonyl (C=O) groups excluding carboxylic acids is 1. The summed E-state index contributed by atoms with van der Waals surface area (Å²) in [6.45, 7) is 1.84. The lowest BCUT2D eigenvalue weighted by atomic mass is 10.1. The first kappa shape index (κ1) is 13.4. The summed E-state index contributed by atoms with van der Waals surface area (Å²) in [5.74, 6) is -0.950. The van der Waals surface area contributed by atoms with Crippen LogP contribution < -0.4 is 0 Å². The highest BCUT2D eigenvalue weighted by Crippen LogP contribution is 2.28. The number of hydrogen-bond donors (Lipinski definition) is 1. The molecular formula is C14H11ClO4. The van der Waals surface area contributed by atoms with Crippen LogP contribution in [0.1, 0.15) is 11.3 Å². The van der Waals surface area contributed by atoms with E-state index >= 15 is 0 Å². The maximum Gasteiger partial charge on any atom is 0.328 e. The molecule has 1 aromatic heterocycles. The summed E-state index contributed by atoms with van der Waals surface area (Å²) in [6.07, 6.45) is 1.88. The Bertz CT molecular complexity index is 682. The van der Waals surface area contributed by atoms with Gasteiger partial charge in [-0.05, 0) is 36.8 Å². The predicted molar refractivity (Wildman–Crippen MR) is 71.4 cm³/mol. The van der Waals surface area contributed by atoms with Crippen LogP contribution in [0, 0.1) is 6.92 Å². The molecule has 0 aliphatic rings. The largest absolute Gasteiger partial charge is 0.478 e. The maximum atomic E-state index is 11.6. The van der Waals surface area contributed by atoms with Gasteiger partial charge < -0.3 is 9.52 Å². The van der Waals surface area contributed by atoms with E-state index in [1.54, 1.807) is 18.2 Å². The second-order valence-corrected chi connectivity index (χ2v) is 4.54. The summed E-state index contributed by atoms with van der Waals surface area (Å²) in [7, 11) is 0. The minimum atomic E-state index is -1.15.